The Morgan fingerprint density at radius 2 is 1.41 bits per heavy atom. The number of carbonyl (C=O) groups is 3. The molecular weight excluding hydrogens is 564 g/mol. The van der Waals surface area contributed by atoms with Gasteiger partial charge in [-0.1, -0.05) is 97.9 Å². The molecule has 1 heterocycles. The van der Waals surface area contributed by atoms with E-state index in [1.165, 1.54) is 0 Å². The second-order valence-electron chi connectivity index (χ2n) is 11.0. The molecule has 4 aromatic carbocycles. The molecule has 0 unspecified atom stereocenters. The fraction of sp³-hybridized carbons (Fsp3) is 0.229. The lowest BCUT2D eigenvalue weighted by atomic mass is 9.82. The second kappa shape index (κ2) is 13.7. The molecule has 44 heavy (non-hydrogen) atoms. The van der Waals surface area contributed by atoms with Gasteiger partial charge in [-0.2, -0.15) is 5.06 Å². The van der Waals surface area contributed by atoms with Crippen molar-refractivity contribution in [2.75, 3.05) is 6.54 Å². The first kappa shape index (κ1) is 30.7. The molecule has 9 heteroatoms. The van der Waals surface area contributed by atoms with E-state index in [-0.39, 0.29) is 30.2 Å². The average molecular weight is 598 g/mol. The van der Waals surface area contributed by atoms with Crippen LogP contribution >= 0.6 is 0 Å². The number of hydrogen-bond donors (Lipinski definition) is 3. The highest BCUT2D eigenvalue weighted by molar-refractivity contribution is 5.95. The lowest BCUT2D eigenvalue weighted by Crippen LogP contribution is -2.52. The first-order valence-electron chi connectivity index (χ1n) is 14.4. The summed E-state index contributed by atoms with van der Waals surface area (Å²) in [7, 11) is 0. The van der Waals surface area contributed by atoms with E-state index in [2.05, 4.69) is 10.6 Å². The summed E-state index contributed by atoms with van der Waals surface area (Å²) in [5, 5.41) is 18.1. The highest BCUT2D eigenvalue weighted by Gasteiger charge is 2.44. The van der Waals surface area contributed by atoms with Gasteiger partial charge >= 0.3 is 0 Å². The Bertz CT molecular complexity index is 1580. The van der Waals surface area contributed by atoms with Crippen molar-refractivity contribution in [2.45, 2.75) is 37.4 Å². The van der Waals surface area contributed by atoms with Gasteiger partial charge < -0.3 is 15.8 Å². The molecule has 4 aromatic rings. The van der Waals surface area contributed by atoms with Crippen molar-refractivity contribution in [3.05, 3.63) is 143 Å². The minimum atomic E-state index is -1.23. The van der Waals surface area contributed by atoms with Gasteiger partial charge in [0, 0.05) is 24.4 Å². The Kier molecular flexibility index (Phi) is 9.57. The zero-order chi connectivity index (χ0) is 31.2. The summed E-state index contributed by atoms with van der Waals surface area (Å²) in [5.74, 6) is -4.15. The molecular formula is C35H33F2N3O4. The molecule has 5 rings (SSSR count). The number of hydrogen-bond acceptors (Lipinski definition) is 5. The number of nitrogens with zero attached hydrogens (tertiary/aromatic N) is 1. The van der Waals surface area contributed by atoms with Gasteiger partial charge in [-0.3, -0.25) is 14.4 Å². The molecule has 2 amide bonds. The van der Waals surface area contributed by atoms with E-state index in [0.717, 1.165) is 22.8 Å². The molecule has 0 radical (unpaired) electrons. The fourth-order valence-corrected chi connectivity index (χ4v) is 5.83. The van der Waals surface area contributed by atoms with Crippen LogP contribution in [-0.4, -0.2) is 40.5 Å². The zero-order valence-corrected chi connectivity index (χ0v) is 24.1. The second-order valence-corrected chi connectivity index (χ2v) is 11.0. The minimum Gasteiger partial charge on any atom is -0.342 e. The van der Waals surface area contributed by atoms with Crippen molar-refractivity contribution in [3.8, 4) is 0 Å². The first-order valence-corrected chi connectivity index (χ1v) is 14.4. The molecule has 0 aliphatic carbocycles. The Morgan fingerprint density at radius 1 is 0.864 bits per heavy atom. The molecule has 226 valence electrons. The van der Waals surface area contributed by atoms with Gasteiger partial charge in [0.25, 0.3) is 0 Å². The van der Waals surface area contributed by atoms with Crippen molar-refractivity contribution in [2.24, 2.45) is 5.92 Å². The van der Waals surface area contributed by atoms with Crippen molar-refractivity contribution in [1.29, 1.82) is 0 Å². The topological polar surface area (TPSA) is 98.7 Å². The summed E-state index contributed by atoms with van der Waals surface area (Å²) in [6.07, 6.45) is -0.375. The number of amides is 2. The van der Waals surface area contributed by atoms with Gasteiger partial charge in [0.1, 0.15) is 23.7 Å². The number of rotatable bonds is 8. The molecule has 1 aliphatic heterocycles. The third kappa shape index (κ3) is 7.07. The van der Waals surface area contributed by atoms with Gasteiger partial charge in [-0.25, -0.2) is 8.78 Å². The number of hydroxylamine groups is 2. The normalized spacial score (nSPS) is 21.2. The smallest absolute Gasteiger partial charge is 0.247 e. The van der Waals surface area contributed by atoms with E-state index >= 15 is 0 Å². The standard InChI is InChI=1S/C35H33F2N3O4/c1-22-29(24-11-5-2-6-12-24)21-40(44)33(26-15-9-4-10-16-26)32(34(22)42)39-35(43)31(25-13-7-3-8-14-25)38-30(41)19-23-17-27(36)20-28(37)18-23/h2-18,20,22,29,31-33,44H,19,21H2,1H3,(H,38,41)(H,39,43)/t22-,29+,31-,32-,33+/m0/s1. The zero-order valence-electron chi connectivity index (χ0n) is 24.1. The number of nitrogens with one attached hydrogen (secondary N) is 2. The molecule has 1 saturated heterocycles. The van der Waals surface area contributed by atoms with Crippen molar-refractivity contribution >= 4 is 17.6 Å². The van der Waals surface area contributed by atoms with Gasteiger partial charge in [0.05, 0.1) is 12.5 Å². The lowest BCUT2D eigenvalue weighted by Gasteiger charge is -2.32. The molecule has 0 aromatic heterocycles. The summed E-state index contributed by atoms with van der Waals surface area (Å²) >= 11 is 0. The van der Waals surface area contributed by atoms with Crippen LogP contribution < -0.4 is 10.6 Å². The maximum Gasteiger partial charge on any atom is 0.247 e. The van der Waals surface area contributed by atoms with Crippen LogP contribution in [-0.2, 0) is 20.8 Å². The van der Waals surface area contributed by atoms with Gasteiger partial charge in [0.15, 0.2) is 5.78 Å². The Morgan fingerprint density at radius 3 is 2.00 bits per heavy atom. The van der Waals surface area contributed by atoms with Gasteiger partial charge in [-0.05, 0) is 34.4 Å². The largest absolute Gasteiger partial charge is 0.342 e. The van der Waals surface area contributed by atoms with E-state index in [9.17, 15) is 28.4 Å². The monoisotopic (exact) mass is 597 g/mol. The van der Waals surface area contributed by atoms with Crippen LogP contribution in [0.3, 0.4) is 0 Å². The summed E-state index contributed by atoms with van der Waals surface area (Å²) in [6, 6.07) is 26.4. The summed E-state index contributed by atoms with van der Waals surface area (Å²) < 4.78 is 27.5. The van der Waals surface area contributed by atoms with Gasteiger partial charge in [0.2, 0.25) is 11.8 Å². The number of Topliss-reactive ketones (excluding diaryl/α,β-unsaturated/α-hetero) is 1. The Labute approximate surface area is 254 Å². The molecule has 0 bridgehead atoms. The summed E-state index contributed by atoms with van der Waals surface area (Å²) in [5.41, 5.74) is 2.06. The number of halogens is 2. The predicted molar refractivity (Wildman–Crippen MR) is 160 cm³/mol. The molecule has 5 atom stereocenters. The van der Waals surface area contributed by atoms with E-state index in [4.69, 9.17) is 0 Å². The molecule has 7 nitrogen and oxygen atoms in total. The molecule has 1 aliphatic rings. The SMILES string of the molecule is C[C@@H]1C(=O)[C@@H](NC(=O)[C@@H](NC(=O)Cc2cc(F)cc(F)c2)c2ccccc2)[C@@H](c2ccccc2)N(O)C[C@H]1c1ccccc1. The quantitative estimate of drug-likeness (QED) is 0.257. The number of carbonyl (C=O) groups excluding carboxylic acids is 3. The molecule has 3 N–H and O–H groups in total. The third-order valence-electron chi connectivity index (χ3n) is 8.03. The highest BCUT2D eigenvalue weighted by atomic mass is 19.1. The Balaban J connectivity index is 1.46. The van der Waals surface area contributed by atoms with E-state index in [1.54, 1.807) is 61.5 Å². The van der Waals surface area contributed by atoms with Crippen LogP contribution in [0.15, 0.2) is 109 Å². The molecule has 0 saturated carbocycles. The fourth-order valence-electron chi connectivity index (χ4n) is 5.83. The first-order chi connectivity index (χ1) is 21.2. The van der Waals surface area contributed by atoms with Crippen molar-refractivity contribution < 1.29 is 28.4 Å². The number of ketones is 1. The van der Waals surface area contributed by atoms with Crippen LogP contribution in [0, 0.1) is 17.6 Å². The van der Waals surface area contributed by atoms with E-state index < -0.39 is 47.5 Å². The predicted octanol–water partition coefficient (Wildman–Crippen LogP) is 5.28. The van der Waals surface area contributed by atoms with Crippen LogP contribution in [0.2, 0.25) is 0 Å². The van der Waals surface area contributed by atoms with Crippen LogP contribution in [0.1, 0.15) is 47.2 Å². The average Bonchev–Trinajstić information content (AvgIpc) is 3.10. The lowest BCUT2D eigenvalue weighted by molar-refractivity contribution is -0.147. The van der Waals surface area contributed by atoms with Crippen LogP contribution in [0.4, 0.5) is 8.78 Å². The van der Waals surface area contributed by atoms with Crippen molar-refractivity contribution in [3.63, 3.8) is 0 Å². The molecule has 1 fully saturated rings. The van der Waals surface area contributed by atoms with E-state index in [1.807, 2.05) is 36.4 Å². The van der Waals surface area contributed by atoms with Crippen molar-refractivity contribution in [1.82, 2.24) is 15.7 Å². The Hall–Kier alpha value is -4.73. The molecule has 0 spiro atoms. The summed E-state index contributed by atoms with van der Waals surface area (Å²) in [6.45, 7) is 1.93. The maximum absolute atomic E-state index is 14.2. The van der Waals surface area contributed by atoms with Crippen LogP contribution in [0.25, 0.3) is 0 Å². The maximum atomic E-state index is 14.2. The minimum absolute atomic E-state index is 0.104. The van der Waals surface area contributed by atoms with Crippen LogP contribution in [0.5, 0.6) is 0 Å². The van der Waals surface area contributed by atoms with E-state index in [0.29, 0.717) is 17.2 Å². The van der Waals surface area contributed by atoms with Gasteiger partial charge in [-0.15, -0.1) is 0 Å². The highest BCUT2D eigenvalue weighted by Crippen LogP contribution is 2.37. The number of benzene rings is 4. The third-order valence-corrected chi connectivity index (χ3v) is 8.03. The summed E-state index contributed by atoms with van der Waals surface area (Å²) in [4.78, 5) is 41.3.